The van der Waals surface area contributed by atoms with Crippen LogP contribution in [-0.2, 0) is 9.53 Å². The number of ether oxygens (including phenoxy) is 2. The van der Waals surface area contributed by atoms with Gasteiger partial charge in [0.25, 0.3) is 11.8 Å². The minimum Gasteiger partial charge on any atom is -0.460 e. The Hall–Kier alpha value is -3.04. The number of aliphatic hydroxyl groups is 4. The van der Waals surface area contributed by atoms with E-state index in [1.54, 1.807) is 24.4 Å². The molecule has 12 nitrogen and oxygen atoms in total. The van der Waals surface area contributed by atoms with Crippen molar-refractivity contribution in [1.82, 2.24) is 9.88 Å². The van der Waals surface area contributed by atoms with Crippen molar-refractivity contribution in [3.05, 3.63) is 69.4 Å². The predicted octanol–water partition coefficient (Wildman–Crippen LogP) is 2.03. The number of carbonyl (C=O) groups is 2. The molecule has 0 saturated carbocycles. The summed E-state index contributed by atoms with van der Waals surface area (Å²) in [6.07, 6.45) is -1.28. The monoisotopic (exact) mass is 652 g/mol. The van der Waals surface area contributed by atoms with Crippen LogP contribution in [0.5, 0.6) is 5.75 Å². The van der Waals surface area contributed by atoms with Crippen LogP contribution in [-0.4, -0.2) is 92.0 Å². The Bertz CT molecular complexity index is 1340. The zero-order valence-electron chi connectivity index (χ0n) is 22.1. The number of benzene rings is 1. The minimum atomic E-state index is -1.73. The van der Waals surface area contributed by atoms with Crippen molar-refractivity contribution in [3.8, 4) is 5.75 Å². The van der Waals surface area contributed by atoms with E-state index in [1.165, 1.54) is 24.4 Å². The first-order valence-corrected chi connectivity index (χ1v) is 13.8. The third-order valence-electron chi connectivity index (χ3n) is 6.50. The molecule has 4 rings (SSSR count). The Balaban J connectivity index is 1.69. The molecular weight excluding hydrogens is 624 g/mol. The first kappa shape index (κ1) is 30.9. The zero-order valence-corrected chi connectivity index (χ0v) is 24.4. The van der Waals surface area contributed by atoms with Crippen LogP contribution in [0.15, 0.2) is 58.9 Å². The Morgan fingerprint density at radius 1 is 1.17 bits per heavy atom. The van der Waals surface area contributed by atoms with Gasteiger partial charge in [-0.3, -0.25) is 9.59 Å². The molecule has 2 aliphatic rings. The molecule has 2 aliphatic heterocycles. The quantitative estimate of drug-likeness (QED) is 0.248. The number of halogens is 2. The molecule has 1 aromatic carbocycles. The third-order valence-corrected chi connectivity index (χ3v) is 7.19. The third kappa shape index (κ3) is 7.25. The highest BCUT2D eigenvalue weighted by atomic mass is 79.9. The summed E-state index contributed by atoms with van der Waals surface area (Å²) in [5.41, 5.74) is 0.241. The summed E-state index contributed by atoms with van der Waals surface area (Å²) in [5, 5.41) is 46.2. The minimum absolute atomic E-state index is 0.0340. The van der Waals surface area contributed by atoms with Crippen LogP contribution < -0.4 is 15.4 Å². The first-order valence-electron chi connectivity index (χ1n) is 12.7. The number of aliphatic hydroxyl groups excluding tert-OH is 4. The van der Waals surface area contributed by atoms with Crippen molar-refractivity contribution in [2.45, 2.75) is 50.6 Å². The van der Waals surface area contributed by atoms with Gasteiger partial charge in [0, 0.05) is 35.0 Å². The summed E-state index contributed by atoms with van der Waals surface area (Å²) in [7, 11) is 0. The van der Waals surface area contributed by atoms with E-state index < -0.39 is 49.1 Å². The number of hydrogen-bond donors (Lipinski definition) is 6. The first-order chi connectivity index (χ1) is 19.5. The number of carbonyl (C=O) groups excluding carboxylic acids is 2. The SMILES string of the molecule is CC(C)N1C=CC(C(=O)Nc2c(O[C@@H]3O[C@H](CO)[C@H](O)[C@H](O)[C@H]3O)cc(Br)cc2C(=O)Nc2ccc(Cl)cn2)=CC1. The summed E-state index contributed by atoms with van der Waals surface area (Å²) < 4.78 is 11.7. The number of pyridine rings is 1. The molecule has 41 heavy (non-hydrogen) atoms. The van der Waals surface area contributed by atoms with E-state index in [-0.39, 0.29) is 28.9 Å². The van der Waals surface area contributed by atoms with Gasteiger partial charge in [0.15, 0.2) is 0 Å². The topological polar surface area (TPSA) is 174 Å². The van der Waals surface area contributed by atoms with Crippen LogP contribution in [0.25, 0.3) is 0 Å². The molecular formula is C27H30BrClN4O8. The molecule has 0 aliphatic carbocycles. The van der Waals surface area contributed by atoms with Crippen molar-refractivity contribution < 1.29 is 39.5 Å². The van der Waals surface area contributed by atoms with Gasteiger partial charge in [0.2, 0.25) is 6.29 Å². The van der Waals surface area contributed by atoms with Gasteiger partial charge in [-0.1, -0.05) is 33.6 Å². The van der Waals surface area contributed by atoms with E-state index in [2.05, 4.69) is 31.5 Å². The Kier molecular flexibility index (Phi) is 10.0. The number of rotatable bonds is 8. The fraction of sp³-hybridized carbons (Fsp3) is 0.370. The number of nitrogens with one attached hydrogen (secondary N) is 2. The maximum Gasteiger partial charge on any atom is 0.259 e. The maximum absolute atomic E-state index is 13.4. The normalized spacial score (nSPS) is 24.2. The van der Waals surface area contributed by atoms with E-state index >= 15 is 0 Å². The standard InChI is InChI=1S/C27H30BrClN4O8/c1-13(2)33-7-5-14(6-8-33)25(38)32-21-17(26(39)31-20-4-3-16(29)11-30-20)9-15(28)10-18(21)40-27-24(37)23(36)22(35)19(12-34)41-27/h3-7,9-11,13,19,22-24,27,34-37H,8,12H2,1-2H3,(H,32,38)(H,30,31,39)/t19-,22+,23+,24-,27-/m1/s1. The Morgan fingerprint density at radius 2 is 1.93 bits per heavy atom. The fourth-order valence-electron chi connectivity index (χ4n) is 4.15. The van der Waals surface area contributed by atoms with Crippen molar-refractivity contribution >= 4 is 50.9 Å². The molecule has 0 spiro atoms. The lowest BCUT2D eigenvalue weighted by atomic mass is 9.99. The fourth-order valence-corrected chi connectivity index (χ4v) is 4.70. The van der Waals surface area contributed by atoms with Crippen LogP contribution >= 0.6 is 27.5 Å². The van der Waals surface area contributed by atoms with Crippen molar-refractivity contribution in [3.63, 3.8) is 0 Å². The van der Waals surface area contributed by atoms with Crippen molar-refractivity contribution in [2.75, 3.05) is 23.8 Å². The average molecular weight is 654 g/mol. The van der Waals surface area contributed by atoms with E-state index in [1.807, 2.05) is 18.7 Å². The van der Waals surface area contributed by atoms with Gasteiger partial charge >= 0.3 is 0 Å². The molecule has 1 saturated heterocycles. The highest BCUT2D eigenvalue weighted by Gasteiger charge is 2.45. The smallest absolute Gasteiger partial charge is 0.259 e. The molecule has 5 atom stereocenters. The molecule has 0 radical (unpaired) electrons. The molecule has 3 heterocycles. The summed E-state index contributed by atoms with van der Waals surface area (Å²) in [4.78, 5) is 32.9. The molecule has 0 bridgehead atoms. The Morgan fingerprint density at radius 3 is 2.54 bits per heavy atom. The number of hydrogen-bond acceptors (Lipinski definition) is 10. The largest absolute Gasteiger partial charge is 0.460 e. The second-order valence-corrected chi connectivity index (χ2v) is 11.0. The second kappa shape index (κ2) is 13.3. The summed E-state index contributed by atoms with van der Waals surface area (Å²) in [6, 6.07) is 6.16. The van der Waals surface area contributed by atoms with Crippen molar-refractivity contribution in [2.24, 2.45) is 0 Å². The lowest BCUT2D eigenvalue weighted by Crippen LogP contribution is -2.60. The highest BCUT2D eigenvalue weighted by molar-refractivity contribution is 9.10. The van der Waals surface area contributed by atoms with Gasteiger partial charge in [-0.25, -0.2) is 4.98 Å². The van der Waals surface area contributed by atoms with Gasteiger partial charge in [0.05, 0.1) is 22.9 Å². The lowest BCUT2D eigenvalue weighted by molar-refractivity contribution is -0.277. The molecule has 6 N–H and O–H groups in total. The molecule has 1 aromatic heterocycles. The van der Waals surface area contributed by atoms with Crippen molar-refractivity contribution in [1.29, 1.82) is 0 Å². The van der Waals surface area contributed by atoms with Crippen LogP contribution in [0, 0.1) is 0 Å². The van der Waals surface area contributed by atoms with Gasteiger partial charge in [-0.05, 0) is 44.2 Å². The van der Waals surface area contributed by atoms with Crippen LogP contribution in [0.2, 0.25) is 5.02 Å². The molecule has 14 heteroatoms. The second-order valence-electron chi connectivity index (χ2n) is 9.68. The van der Waals surface area contributed by atoms with Gasteiger partial charge in [-0.2, -0.15) is 0 Å². The van der Waals surface area contributed by atoms with Crippen LogP contribution in [0.4, 0.5) is 11.5 Å². The van der Waals surface area contributed by atoms with Gasteiger partial charge < -0.3 is 45.4 Å². The van der Waals surface area contributed by atoms with Gasteiger partial charge in [-0.15, -0.1) is 0 Å². The van der Waals surface area contributed by atoms with E-state index in [9.17, 15) is 30.0 Å². The predicted molar refractivity (Wildman–Crippen MR) is 153 cm³/mol. The molecule has 0 unspecified atom stereocenters. The number of amides is 2. The number of nitrogens with zero attached hydrogens (tertiary/aromatic N) is 2. The zero-order chi connectivity index (χ0) is 29.8. The Labute approximate surface area is 249 Å². The van der Waals surface area contributed by atoms with E-state index in [0.717, 1.165) is 0 Å². The molecule has 2 aromatic rings. The van der Waals surface area contributed by atoms with Gasteiger partial charge in [0.1, 0.15) is 36.0 Å². The van der Waals surface area contributed by atoms with Crippen LogP contribution in [0.3, 0.4) is 0 Å². The maximum atomic E-state index is 13.4. The highest BCUT2D eigenvalue weighted by Crippen LogP contribution is 2.36. The van der Waals surface area contributed by atoms with E-state index in [4.69, 9.17) is 21.1 Å². The summed E-state index contributed by atoms with van der Waals surface area (Å²) >= 11 is 9.23. The summed E-state index contributed by atoms with van der Waals surface area (Å²) in [6.45, 7) is 3.88. The molecule has 2 amide bonds. The molecule has 1 fully saturated rings. The van der Waals surface area contributed by atoms with Crippen LogP contribution in [0.1, 0.15) is 24.2 Å². The average Bonchev–Trinajstić information content (AvgIpc) is 2.95. The number of anilines is 2. The number of aromatic nitrogens is 1. The lowest BCUT2D eigenvalue weighted by Gasteiger charge is -2.39. The van der Waals surface area contributed by atoms with E-state index in [0.29, 0.717) is 21.6 Å². The molecule has 220 valence electrons. The summed E-state index contributed by atoms with van der Waals surface area (Å²) in [5.74, 6) is -1.10.